The van der Waals surface area contributed by atoms with Crippen LogP contribution in [0.15, 0.2) is 24.3 Å². The second kappa shape index (κ2) is 8.65. The average Bonchev–Trinajstić information content (AvgIpc) is 2.50. The van der Waals surface area contributed by atoms with Gasteiger partial charge in [-0.15, -0.1) is 0 Å². The lowest BCUT2D eigenvalue weighted by Gasteiger charge is -2.33. The summed E-state index contributed by atoms with van der Waals surface area (Å²) in [5.41, 5.74) is 1.80. The fourth-order valence-corrected chi connectivity index (χ4v) is 2.64. The fraction of sp³-hybridized carbons (Fsp3) is 0.526. The van der Waals surface area contributed by atoms with Gasteiger partial charge in [-0.3, -0.25) is 14.4 Å². The van der Waals surface area contributed by atoms with E-state index in [9.17, 15) is 14.4 Å². The first-order chi connectivity index (χ1) is 11.9. The van der Waals surface area contributed by atoms with E-state index in [0.717, 1.165) is 24.8 Å². The summed E-state index contributed by atoms with van der Waals surface area (Å²) in [6, 6.07) is 7.39. The van der Waals surface area contributed by atoms with Gasteiger partial charge in [0.05, 0.1) is 13.1 Å². The fourth-order valence-electron chi connectivity index (χ4n) is 2.64. The van der Waals surface area contributed by atoms with Crippen molar-refractivity contribution >= 4 is 23.4 Å². The van der Waals surface area contributed by atoms with E-state index in [4.69, 9.17) is 0 Å². The van der Waals surface area contributed by atoms with Crippen LogP contribution in [0.1, 0.15) is 38.7 Å². The van der Waals surface area contributed by atoms with E-state index in [0.29, 0.717) is 5.69 Å². The lowest BCUT2D eigenvalue weighted by molar-refractivity contribution is -0.143. The lowest BCUT2D eigenvalue weighted by atomic mass is 9.84. The highest BCUT2D eigenvalue weighted by molar-refractivity contribution is 5.95. The maximum absolute atomic E-state index is 12.4. The number of nitrogens with zero attached hydrogens (tertiary/aromatic N) is 1. The Morgan fingerprint density at radius 2 is 1.76 bits per heavy atom. The standard InChI is InChI=1S/C19H27N3O3/c1-13(2)22(19(25)15-5-4-6-15)12-18(24)20-11-17(23)21-16-9-7-14(3)8-10-16/h7-10,13,15H,4-6,11-12H2,1-3H3,(H,20,24)(H,21,23). The number of hydrogen-bond acceptors (Lipinski definition) is 3. The van der Waals surface area contributed by atoms with Gasteiger partial charge >= 0.3 is 0 Å². The molecule has 1 aromatic carbocycles. The quantitative estimate of drug-likeness (QED) is 0.794. The van der Waals surface area contributed by atoms with Gasteiger partial charge in [0.2, 0.25) is 17.7 Å². The highest BCUT2D eigenvalue weighted by atomic mass is 16.2. The number of rotatable bonds is 7. The molecule has 0 spiro atoms. The minimum absolute atomic E-state index is 0.00912. The van der Waals surface area contributed by atoms with Crippen LogP contribution in [-0.4, -0.2) is 41.8 Å². The van der Waals surface area contributed by atoms with Crippen molar-refractivity contribution in [3.05, 3.63) is 29.8 Å². The van der Waals surface area contributed by atoms with Gasteiger partial charge in [0.15, 0.2) is 0 Å². The van der Waals surface area contributed by atoms with E-state index >= 15 is 0 Å². The van der Waals surface area contributed by atoms with Crippen molar-refractivity contribution in [2.45, 2.75) is 46.1 Å². The molecule has 1 saturated carbocycles. The predicted molar refractivity (Wildman–Crippen MR) is 97.0 cm³/mol. The molecule has 1 aromatic rings. The topological polar surface area (TPSA) is 78.5 Å². The summed E-state index contributed by atoms with van der Waals surface area (Å²) in [7, 11) is 0. The predicted octanol–water partition coefficient (Wildman–Crippen LogP) is 2.09. The molecule has 0 radical (unpaired) electrons. The van der Waals surface area contributed by atoms with Crippen LogP contribution in [0.5, 0.6) is 0 Å². The van der Waals surface area contributed by atoms with Crippen molar-refractivity contribution in [2.24, 2.45) is 5.92 Å². The molecule has 0 unspecified atom stereocenters. The van der Waals surface area contributed by atoms with E-state index in [1.807, 2.05) is 45.0 Å². The van der Waals surface area contributed by atoms with Gasteiger partial charge in [-0.2, -0.15) is 0 Å². The van der Waals surface area contributed by atoms with Gasteiger partial charge in [0.25, 0.3) is 0 Å². The van der Waals surface area contributed by atoms with Gasteiger partial charge in [-0.1, -0.05) is 24.1 Å². The molecule has 2 rings (SSSR count). The molecule has 0 atom stereocenters. The summed E-state index contributed by atoms with van der Waals surface area (Å²) in [5.74, 6) is -0.514. The Kier molecular flexibility index (Phi) is 6.56. The number of anilines is 1. The minimum Gasteiger partial charge on any atom is -0.345 e. The summed E-state index contributed by atoms with van der Waals surface area (Å²) in [4.78, 5) is 38.0. The van der Waals surface area contributed by atoms with Gasteiger partial charge < -0.3 is 15.5 Å². The normalized spacial score (nSPS) is 13.9. The maximum Gasteiger partial charge on any atom is 0.243 e. The molecule has 1 fully saturated rings. The summed E-state index contributed by atoms with van der Waals surface area (Å²) in [6.45, 7) is 5.64. The van der Waals surface area contributed by atoms with E-state index in [1.165, 1.54) is 0 Å². The molecule has 2 N–H and O–H groups in total. The first kappa shape index (κ1) is 19.0. The molecule has 0 bridgehead atoms. The molecular formula is C19H27N3O3. The van der Waals surface area contributed by atoms with Crippen molar-refractivity contribution in [1.29, 1.82) is 0 Å². The number of amides is 3. The zero-order valence-electron chi connectivity index (χ0n) is 15.2. The van der Waals surface area contributed by atoms with Gasteiger partial charge in [0, 0.05) is 17.6 Å². The molecule has 0 aliphatic heterocycles. The second-order valence-electron chi connectivity index (χ2n) is 6.88. The number of hydrogen-bond donors (Lipinski definition) is 2. The van der Waals surface area contributed by atoms with Crippen LogP contribution in [0.2, 0.25) is 0 Å². The van der Waals surface area contributed by atoms with Crippen molar-refractivity contribution in [1.82, 2.24) is 10.2 Å². The van der Waals surface area contributed by atoms with Crippen molar-refractivity contribution in [2.75, 3.05) is 18.4 Å². The summed E-state index contributed by atoms with van der Waals surface area (Å²) in [6.07, 6.45) is 2.89. The van der Waals surface area contributed by atoms with E-state index in [-0.39, 0.29) is 42.8 Å². The van der Waals surface area contributed by atoms with Crippen LogP contribution in [-0.2, 0) is 14.4 Å². The molecule has 1 aliphatic rings. The van der Waals surface area contributed by atoms with Crippen LogP contribution in [0.4, 0.5) is 5.69 Å². The van der Waals surface area contributed by atoms with Crippen LogP contribution in [0.25, 0.3) is 0 Å². The Bertz CT molecular complexity index is 621. The Labute approximate surface area is 149 Å². The zero-order chi connectivity index (χ0) is 18.4. The average molecular weight is 345 g/mol. The molecule has 6 nitrogen and oxygen atoms in total. The molecular weight excluding hydrogens is 318 g/mol. The Hall–Kier alpha value is -2.37. The summed E-state index contributed by atoms with van der Waals surface area (Å²) < 4.78 is 0. The monoisotopic (exact) mass is 345 g/mol. The van der Waals surface area contributed by atoms with Crippen LogP contribution in [0, 0.1) is 12.8 Å². The third-order valence-corrected chi connectivity index (χ3v) is 4.46. The Morgan fingerprint density at radius 1 is 1.12 bits per heavy atom. The summed E-state index contributed by atoms with van der Waals surface area (Å²) in [5, 5.41) is 5.31. The van der Waals surface area contributed by atoms with Crippen molar-refractivity contribution < 1.29 is 14.4 Å². The van der Waals surface area contributed by atoms with Gasteiger partial charge in [-0.05, 0) is 45.7 Å². The molecule has 0 saturated heterocycles. The smallest absolute Gasteiger partial charge is 0.243 e. The molecule has 136 valence electrons. The lowest BCUT2D eigenvalue weighted by Crippen LogP contribution is -2.48. The molecule has 1 aliphatic carbocycles. The largest absolute Gasteiger partial charge is 0.345 e. The van der Waals surface area contributed by atoms with Crippen molar-refractivity contribution in [3.63, 3.8) is 0 Å². The highest BCUT2D eigenvalue weighted by Gasteiger charge is 2.31. The number of benzene rings is 1. The van der Waals surface area contributed by atoms with E-state index < -0.39 is 0 Å². The van der Waals surface area contributed by atoms with Gasteiger partial charge in [-0.25, -0.2) is 0 Å². The van der Waals surface area contributed by atoms with E-state index in [2.05, 4.69) is 10.6 Å². The Morgan fingerprint density at radius 3 is 2.28 bits per heavy atom. The minimum atomic E-state index is -0.319. The number of aryl methyl sites for hydroxylation is 1. The van der Waals surface area contributed by atoms with E-state index in [1.54, 1.807) is 4.90 Å². The third-order valence-electron chi connectivity index (χ3n) is 4.46. The number of carbonyl (C=O) groups excluding carboxylic acids is 3. The molecule has 25 heavy (non-hydrogen) atoms. The number of carbonyl (C=O) groups is 3. The first-order valence-electron chi connectivity index (χ1n) is 8.80. The van der Waals surface area contributed by atoms with Crippen molar-refractivity contribution in [3.8, 4) is 0 Å². The third kappa shape index (κ3) is 5.59. The Balaban J connectivity index is 1.78. The SMILES string of the molecule is Cc1ccc(NC(=O)CNC(=O)CN(C(=O)C2CCC2)C(C)C)cc1. The van der Waals surface area contributed by atoms with Gasteiger partial charge in [0.1, 0.15) is 0 Å². The zero-order valence-corrected chi connectivity index (χ0v) is 15.2. The van der Waals surface area contributed by atoms with Crippen LogP contribution in [0.3, 0.4) is 0 Å². The summed E-state index contributed by atoms with van der Waals surface area (Å²) >= 11 is 0. The number of nitrogens with one attached hydrogen (secondary N) is 2. The molecule has 3 amide bonds. The second-order valence-corrected chi connectivity index (χ2v) is 6.88. The molecule has 0 heterocycles. The molecule has 0 aromatic heterocycles. The van der Waals surface area contributed by atoms with Crippen LogP contribution < -0.4 is 10.6 Å². The highest BCUT2D eigenvalue weighted by Crippen LogP contribution is 2.28. The molecule has 6 heteroatoms. The first-order valence-corrected chi connectivity index (χ1v) is 8.80. The van der Waals surface area contributed by atoms with Crippen LogP contribution >= 0.6 is 0 Å². The maximum atomic E-state index is 12.4.